The van der Waals surface area contributed by atoms with Crippen LogP contribution in [0.4, 0.5) is 14.5 Å². The summed E-state index contributed by atoms with van der Waals surface area (Å²) in [4.78, 5) is 0. The van der Waals surface area contributed by atoms with E-state index in [2.05, 4.69) is 37.2 Å². The molecule has 2 rings (SSSR count). The molecule has 2 aromatic carbocycles. The van der Waals surface area contributed by atoms with Gasteiger partial charge in [0.05, 0.1) is 4.47 Å². The van der Waals surface area contributed by atoms with E-state index in [1.165, 1.54) is 12.1 Å². The summed E-state index contributed by atoms with van der Waals surface area (Å²) in [6, 6.07) is 7.70. The van der Waals surface area contributed by atoms with Gasteiger partial charge in [0.25, 0.3) is 0 Å². The van der Waals surface area contributed by atoms with E-state index in [0.717, 1.165) is 4.47 Å². The van der Waals surface area contributed by atoms with E-state index in [9.17, 15) is 8.78 Å². The molecule has 0 aromatic heterocycles. The quantitative estimate of drug-likeness (QED) is 0.634. The average Bonchev–Trinajstić information content (AvgIpc) is 2.36. The van der Waals surface area contributed by atoms with Crippen LogP contribution in [0.2, 0.25) is 5.02 Å². The van der Waals surface area contributed by atoms with Crippen molar-refractivity contribution in [2.75, 3.05) is 5.32 Å². The van der Waals surface area contributed by atoms with E-state index in [4.69, 9.17) is 11.6 Å². The molecule has 0 atom stereocenters. The average molecular weight is 411 g/mol. The zero-order valence-corrected chi connectivity index (χ0v) is 13.4. The molecule has 6 heteroatoms. The lowest BCUT2D eigenvalue weighted by molar-refractivity contribution is 0.555. The number of nitrogens with one attached hydrogen (secondary N) is 1. The molecular weight excluding hydrogens is 403 g/mol. The molecule has 0 aliphatic carbocycles. The van der Waals surface area contributed by atoms with Crippen molar-refractivity contribution in [1.29, 1.82) is 0 Å². The Kier molecular flexibility index (Phi) is 4.81. The fourth-order valence-electron chi connectivity index (χ4n) is 1.55. The SMILES string of the molecule is Fc1ccc(Br)c(F)c1CNc1ccc(Cl)cc1Br. The molecule has 0 heterocycles. The van der Waals surface area contributed by atoms with E-state index in [-0.39, 0.29) is 16.6 Å². The summed E-state index contributed by atoms with van der Waals surface area (Å²) in [6.45, 7) is 0.0390. The van der Waals surface area contributed by atoms with Crippen molar-refractivity contribution in [1.82, 2.24) is 0 Å². The maximum Gasteiger partial charge on any atom is 0.145 e. The lowest BCUT2D eigenvalue weighted by atomic mass is 10.2. The summed E-state index contributed by atoms with van der Waals surface area (Å²) >= 11 is 12.2. The number of halogens is 5. The summed E-state index contributed by atoms with van der Waals surface area (Å²) in [6.07, 6.45) is 0. The van der Waals surface area contributed by atoms with Crippen molar-refractivity contribution in [2.24, 2.45) is 0 Å². The van der Waals surface area contributed by atoms with E-state index >= 15 is 0 Å². The number of anilines is 1. The molecule has 0 aliphatic heterocycles. The van der Waals surface area contributed by atoms with Gasteiger partial charge in [-0.25, -0.2) is 8.78 Å². The fourth-order valence-corrected chi connectivity index (χ4v) is 2.74. The number of hydrogen-bond donors (Lipinski definition) is 1. The molecule has 19 heavy (non-hydrogen) atoms. The molecule has 0 amide bonds. The third-order valence-corrected chi connectivity index (χ3v) is 4.03. The first-order valence-corrected chi connectivity index (χ1v) is 7.26. The van der Waals surface area contributed by atoms with Crippen LogP contribution in [-0.2, 0) is 6.54 Å². The minimum atomic E-state index is -0.599. The van der Waals surface area contributed by atoms with E-state index < -0.39 is 11.6 Å². The highest BCUT2D eigenvalue weighted by molar-refractivity contribution is 9.10. The summed E-state index contributed by atoms with van der Waals surface area (Å²) in [7, 11) is 0. The second-order valence-corrected chi connectivity index (χ2v) is 5.94. The summed E-state index contributed by atoms with van der Waals surface area (Å²) in [5.41, 5.74) is 0.694. The molecule has 0 saturated heterocycles. The highest BCUT2D eigenvalue weighted by Crippen LogP contribution is 2.27. The Balaban J connectivity index is 2.21. The summed E-state index contributed by atoms with van der Waals surface area (Å²) < 4.78 is 28.3. The molecule has 0 unspecified atom stereocenters. The third kappa shape index (κ3) is 3.46. The van der Waals surface area contributed by atoms with E-state index in [0.29, 0.717) is 10.7 Å². The van der Waals surface area contributed by atoms with Gasteiger partial charge < -0.3 is 5.32 Å². The van der Waals surface area contributed by atoms with Gasteiger partial charge >= 0.3 is 0 Å². The molecule has 1 N–H and O–H groups in total. The van der Waals surface area contributed by atoms with Gasteiger partial charge in [-0.2, -0.15) is 0 Å². The Hall–Kier alpha value is -0.650. The molecule has 0 saturated carbocycles. The first-order valence-electron chi connectivity index (χ1n) is 5.30. The van der Waals surface area contributed by atoms with Gasteiger partial charge in [-0.3, -0.25) is 0 Å². The standard InChI is InChI=1S/C13H8Br2ClF2N/c14-9-2-3-11(17)8(13(9)18)6-19-12-4-1-7(16)5-10(12)15/h1-5,19H,6H2. The third-order valence-electron chi connectivity index (χ3n) is 2.53. The van der Waals surface area contributed by atoms with Crippen LogP contribution in [-0.4, -0.2) is 0 Å². The second kappa shape index (κ2) is 6.20. The van der Waals surface area contributed by atoms with Crippen LogP contribution in [0.3, 0.4) is 0 Å². The summed E-state index contributed by atoms with van der Waals surface area (Å²) in [5, 5.41) is 3.54. The molecular formula is C13H8Br2ClF2N. The second-order valence-electron chi connectivity index (χ2n) is 3.80. The molecule has 0 fully saturated rings. The lowest BCUT2D eigenvalue weighted by Crippen LogP contribution is -2.05. The Morgan fingerprint density at radius 1 is 1.05 bits per heavy atom. The largest absolute Gasteiger partial charge is 0.380 e. The molecule has 0 spiro atoms. The van der Waals surface area contributed by atoms with Crippen LogP contribution >= 0.6 is 43.5 Å². The van der Waals surface area contributed by atoms with Crippen LogP contribution in [0.1, 0.15) is 5.56 Å². The van der Waals surface area contributed by atoms with Gasteiger partial charge in [0.1, 0.15) is 11.6 Å². The Morgan fingerprint density at radius 3 is 2.47 bits per heavy atom. The van der Waals surface area contributed by atoms with Gasteiger partial charge in [0.2, 0.25) is 0 Å². The van der Waals surface area contributed by atoms with Gasteiger partial charge in [0, 0.05) is 27.3 Å². The monoisotopic (exact) mass is 409 g/mol. The van der Waals surface area contributed by atoms with E-state index in [1.54, 1.807) is 18.2 Å². The van der Waals surface area contributed by atoms with E-state index in [1.807, 2.05) is 0 Å². The van der Waals surface area contributed by atoms with Crippen LogP contribution in [0.5, 0.6) is 0 Å². The predicted molar refractivity (Wildman–Crippen MR) is 80.5 cm³/mol. The highest BCUT2D eigenvalue weighted by atomic mass is 79.9. The topological polar surface area (TPSA) is 12.0 Å². The molecule has 1 nitrogen and oxygen atoms in total. The number of hydrogen-bond acceptors (Lipinski definition) is 1. The van der Waals surface area contributed by atoms with Crippen LogP contribution in [0.25, 0.3) is 0 Å². The minimum Gasteiger partial charge on any atom is -0.380 e. The highest BCUT2D eigenvalue weighted by Gasteiger charge is 2.12. The molecule has 0 radical (unpaired) electrons. The zero-order chi connectivity index (χ0) is 14.0. The van der Waals surface area contributed by atoms with Crippen LogP contribution in [0, 0.1) is 11.6 Å². The zero-order valence-electron chi connectivity index (χ0n) is 9.48. The number of benzene rings is 2. The Morgan fingerprint density at radius 2 is 1.79 bits per heavy atom. The van der Waals surface area contributed by atoms with Gasteiger partial charge in [-0.1, -0.05) is 11.6 Å². The van der Waals surface area contributed by atoms with Gasteiger partial charge in [0.15, 0.2) is 0 Å². The Labute approximate surface area is 131 Å². The lowest BCUT2D eigenvalue weighted by Gasteiger charge is -2.11. The summed E-state index contributed by atoms with van der Waals surface area (Å²) in [5.74, 6) is -1.18. The first kappa shape index (κ1) is 14.8. The van der Waals surface area contributed by atoms with Crippen molar-refractivity contribution in [3.63, 3.8) is 0 Å². The molecule has 0 bridgehead atoms. The predicted octanol–water partition coefficient (Wildman–Crippen LogP) is 5.76. The maximum atomic E-state index is 13.8. The first-order chi connectivity index (χ1) is 8.99. The van der Waals surface area contributed by atoms with Gasteiger partial charge in [-0.05, 0) is 62.2 Å². The number of rotatable bonds is 3. The van der Waals surface area contributed by atoms with Gasteiger partial charge in [-0.15, -0.1) is 0 Å². The molecule has 0 aliphatic rings. The van der Waals surface area contributed by atoms with Crippen molar-refractivity contribution < 1.29 is 8.78 Å². The van der Waals surface area contributed by atoms with Crippen molar-refractivity contribution in [2.45, 2.75) is 6.54 Å². The normalized spacial score (nSPS) is 10.6. The van der Waals surface area contributed by atoms with Crippen molar-refractivity contribution in [3.8, 4) is 0 Å². The maximum absolute atomic E-state index is 13.8. The van der Waals surface area contributed by atoms with Crippen molar-refractivity contribution in [3.05, 3.63) is 61.5 Å². The Bertz CT molecular complexity index is 620. The molecule has 2 aromatic rings. The van der Waals surface area contributed by atoms with Crippen LogP contribution in [0.15, 0.2) is 39.3 Å². The fraction of sp³-hybridized carbons (Fsp3) is 0.0769. The minimum absolute atomic E-state index is 0.0174. The van der Waals surface area contributed by atoms with Crippen LogP contribution < -0.4 is 5.32 Å². The smallest absolute Gasteiger partial charge is 0.145 e. The molecule has 100 valence electrons. The van der Waals surface area contributed by atoms with Crippen molar-refractivity contribution >= 4 is 49.1 Å².